The van der Waals surface area contributed by atoms with Gasteiger partial charge in [0.15, 0.2) is 5.58 Å². The molecule has 0 saturated carbocycles. The Morgan fingerprint density at radius 3 is 2.82 bits per heavy atom. The third kappa shape index (κ3) is 1.81. The van der Waals surface area contributed by atoms with Crippen molar-refractivity contribution in [3.63, 3.8) is 0 Å². The monoisotopic (exact) mass is 307 g/mol. The molecule has 5 heteroatoms. The molecule has 17 heavy (non-hydrogen) atoms. The summed E-state index contributed by atoms with van der Waals surface area (Å²) < 4.78 is 6.20. The van der Waals surface area contributed by atoms with Crippen LogP contribution >= 0.6 is 27.3 Å². The lowest BCUT2D eigenvalue weighted by molar-refractivity contribution is 0.100. The Hall–Kier alpha value is -1.46. The van der Waals surface area contributed by atoms with Crippen LogP contribution in [0.3, 0.4) is 0 Å². The van der Waals surface area contributed by atoms with Crippen molar-refractivity contribution < 1.29 is 9.21 Å². The zero-order valence-corrected chi connectivity index (χ0v) is 10.9. The number of nitrogens with zero attached hydrogens (tertiary/aromatic N) is 1. The van der Waals surface area contributed by atoms with E-state index in [9.17, 15) is 4.79 Å². The second-order valence-electron chi connectivity index (χ2n) is 3.45. The molecule has 2 aromatic heterocycles. The largest absolute Gasteiger partial charge is 0.433 e. The van der Waals surface area contributed by atoms with Gasteiger partial charge in [0, 0.05) is 15.2 Å². The fourth-order valence-corrected chi connectivity index (χ4v) is 2.98. The highest BCUT2D eigenvalue weighted by molar-refractivity contribution is 9.10. The first kappa shape index (κ1) is 10.7. The number of hydrogen-bond acceptors (Lipinski definition) is 4. The van der Waals surface area contributed by atoms with Crippen molar-refractivity contribution in [3.8, 4) is 0 Å². The minimum atomic E-state index is -0.200. The maximum atomic E-state index is 12.1. The van der Waals surface area contributed by atoms with Gasteiger partial charge in [0.2, 0.25) is 5.78 Å². The second-order valence-corrected chi connectivity index (χ2v) is 5.05. The lowest BCUT2D eigenvalue weighted by Gasteiger charge is -1.92. The average molecular weight is 308 g/mol. The van der Waals surface area contributed by atoms with Crippen molar-refractivity contribution in [3.05, 3.63) is 51.0 Å². The predicted octanol–water partition coefficient (Wildman–Crippen LogP) is 3.88. The molecular formula is C12H6BrNO2S. The molecule has 0 N–H and O–H groups in total. The van der Waals surface area contributed by atoms with E-state index in [0.717, 1.165) is 4.47 Å². The lowest BCUT2D eigenvalue weighted by Crippen LogP contribution is -2.00. The quantitative estimate of drug-likeness (QED) is 0.675. The summed E-state index contributed by atoms with van der Waals surface area (Å²) in [4.78, 5) is 16.3. The molecule has 0 amide bonds. The molecule has 0 radical (unpaired) electrons. The van der Waals surface area contributed by atoms with Crippen LogP contribution in [0, 0.1) is 0 Å². The number of ketones is 1. The minimum absolute atomic E-state index is 0.130. The van der Waals surface area contributed by atoms with Crippen LogP contribution in [0.5, 0.6) is 0 Å². The van der Waals surface area contributed by atoms with E-state index in [2.05, 4.69) is 20.9 Å². The first-order valence-electron chi connectivity index (χ1n) is 4.87. The molecule has 3 rings (SSSR count). The van der Waals surface area contributed by atoms with Crippen LogP contribution in [0.2, 0.25) is 0 Å². The molecule has 0 fully saturated rings. The molecule has 0 unspecified atom stereocenters. The number of aromatic nitrogens is 1. The van der Waals surface area contributed by atoms with Gasteiger partial charge >= 0.3 is 0 Å². The van der Waals surface area contributed by atoms with Crippen molar-refractivity contribution in [1.29, 1.82) is 0 Å². The summed E-state index contributed by atoms with van der Waals surface area (Å²) in [6, 6.07) is 7.32. The summed E-state index contributed by atoms with van der Waals surface area (Å²) in [5.41, 5.74) is 1.91. The third-order valence-electron chi connectivity index (χ3n) is 2.35. The van der Waals surface area contributed by atoms with Gasteiger partial charge in [-0.1, -0.05) is 12.1 Å². The summed E-state index contributed by atoms with van der Waals surface area (Å²) in [6.07, 6.45) is 0. The second kappa shape index (κ2) is 4.09. The van der Waals surface area contributed by atoms with Gasteiger partial charge in [-0.15, -0.1) is 0 Å². The summed E-state index contributed by atoms with van der Waals surface area (Å²) in [5.74, 6) is -0.0698. The molecule has 84 valence electrons. The van der Waals surface area contributed by atoms with Gasteiger partial charge in [0.05, 0.1) is 5.56 Å². The Bertz CT molecular complexity index is 668. The van der Waals surface area contributed by atoms with Crippen molar-refractivity contribution in [2.75, 3.05) is 0 Å². The molecule has 3 aromatic rings. The zero-order valence-electron chi connectivity index (χ0n) is 8.51. The number of benzene rings is 1. The standard InChI is InChI=1S/C12H6BrNO2S/c13-8-6-17-5-7(8)11(15)12-14-9-3-1-2-4-10(9)16-12/h1-6H. The highest BCUT2D eigenvalue weighted by Gasteiger charge is 2.19. The van der Waals surface area contributed by atoms with E-state index in [4.69, 9.17) is 4.42 Å². The Morgan fingerprint density at radius 2 is 2.12 bits per heavy atom. The summed E-state index contributed by atoms with van der Waals surface area (Å²) in [7, 11) is 0. The van der Waals surface area contributed by atoms with E-state index >= 15 is 0 Å². The minimum Gasteiger partial charge on any atom is -0.433 e. The van der Waals surface area contributed by atoms with Gasteiger partial charge in [-0.25, -0.2) is 4.98 Å². The molecule has 0 aliphatic carbocycles. The Balaban J connectivity index is 2.10. The number of carbonyl (C=O) groups is 1. The Labute approximate surface area is 109 Å². The van der Waals surface area contributed by atoms with Gasteiger partial charge < -0.3 is 4.42 Å². The number of rotatable bonds is 2. The first-order valence-corrected chi connectivity index (χ1v) is 6.61. The van der Waals surface area contributed by atoms with Crippen LogP contribution in [0.4, 0.5) is 0 Å². The fraction of sp³-hybridized carbons (Fsp3) is 0. The van der Waals surface area contributed by atoms with Gasteiger partial charge in [-0.05, 0) is 28.1 Å². The number of para-hydroxylation sites is 2. The number of carbonyl (C=O) groups excluding carboxylic acids is 1. The van der Waals surface area contributed by atoms with Crippen molar-refractivity contribution in [2.24, 2.45) is 0 Å². The topological polar surface area (TPSA) is 43.1 Å². The SMILES string of the molecule is O=C(c1nc2ccccc2o1)c1cscc1Br. The fourth-order valence-electron chi connectivity index (χ4n) is 1.53. The van der Waals surface area contributed by atoms with Crippen LogP contribution in [-0.4, -0.2) is 10.8 Å². The highest BCUT2D eigenvalue weighted by atomic mass is 79.9. The number of hydrogen-bond donors (Lipinski definition) is 0. The van der Waals surface area contributed by atoms with E-state index < -0.39 is 0 Å². The maximum Gasteiger partial charge on any atom is 0.269 e. The predicted molar refractivity (Wildman–Crippen MR) is 69.5 cm³/mol. The Kier molecular flexibility index (Phi) is 2.57. The molecule has 3 nitrogen and oxygen atoms in total. The van der Waals surface area contributed by atoms with E-state index in [1.54, 1.807) is 11.4 Å². The average Bonchev–Trinajstić information content (AvgIpc) is 2.93. The van der Waals surface area contributed by atoms with Gasteiger partial charge in [0.1, 0.15) is 5.52 Å². The third-order valence-corrected chi connectivity index (χ3v) is 4.05. The van der Waals surface area contributed by atoms with E-state index in [0.29, 0.717) is 16.7 Å². The Morgan fingerprint density at radius 1 is 1.29 bits per heavy atom. The molecule has 0 atom stereocenters. The first-order chi connectivity index (χ1) is 8.25. The number of fused-ring (bicyclic) bond motifs is 1. The summed E-state index contributed by atoms with van der Waals surface area (Å²) >= 11 is 4.79. The van der Waals surface area contributed by atoms with Crippen LogP contribution in [0.25, 0.3) is 11.1 Å². The maximum absolute atomic E-state index is 12.1. The van der Waals surface area contributed by atoms with Crippen LogP contribution < -0.4 is 0 Å². The van der Waals surface area contributed by atoms with Crippen molar-refractivity contribution >= 4 is 44.1 Å². The molecule has 0 spiro atoms. The molecule has 0 bridgehead atoms. The van der Waals surface area contributed by atoms with Gasteiger partial charge in [-0.2, -0.15) is 11.3 Å². The summed E-state index contributed by atoms with van der Waals surface area (Å²) in [5, 5.41) is 3.64. The molecular weight excluding hydrogens is 302 g/mol. The summed E-state index contributed by atoms with van der Waals surface area (Å²) in [6.45, 7) is 0. The van der Waals surface area contributed by atoms with E-state index in [1.165, 1.54) is 11.3 Å². The van der Waals surface area contributed by atoms with Gasteiger partial charge in [0.25, 0.3) is 5.89 Å². The smallest absolute Gasteiger partial charge is 0.269 e. The van der Waals surface area contributed by atoms with E-state index in [1.807, 2.05) is 23.6 Å². The molecule has 1 aromatic carbocycles. The number of oxazole rings is 1. The van der Waals surface area contributed by atoms with E-state index in [-0.39, 0.29) is 11.7 Å². The zero-order chi connectivity index (χ0) is 11.8. The normalized spacial score (nSPS) is 10.9. The van der Waals surface area contributed by atoms with Crippen LogP contribution in [0.1, 0.15) is 16.2 Å². The van der Waals surface area contributed by atoms with Crippen LogP contribution in [0.15, 0.2) is 43.9 Å². The highest BCUT2D eigenvalue weighted by Crippen LogP contribution is 2.25. The lowest BCUT2D eigenvalue weighted by atomic mass is 10.2. The van der Waals surface area contributed by atoms with Crippen molar-refractivity contribution in [2.45, 2.75) is 0 Å². The van der Waals surface area contributed by atoms with Crippen LogP contribution in [-0.2, 0) is 0 Å². The number of halogens is 1. The molecule has 0 aliphatic heterocycles. The molecule has 2 heterocycles. The molecule has 0 aliphatic rings. The number of thiophene rings is 1. The molecule has 0 saturated heterocycles. The van der Waals surface area contributed by atoms with Crippen molar-refractivity contribution in [1.82, 2.24) is 4.98 Å². The van der Waals surface area contributed by atoms with Gasteiger partial charge in [-0.3, -0.25) is 4.79 Å².